The molecule has 0 radical (unpaired) electrons. The van der Waals surface area contributed by atoms with Crippen LogP contribution in [0, 0.1) is 0 Å². The highest BCUT2D eigenvalue weighted by Crippen LogP contribution is 2.23. The molecule has 0 aliphatic rings. The number of rotatable bonds is 2. The molecule has 1 aromatic carbocycles. The Bertz CT molecular complexity index is 911. The van der Waals surface area contributed by atoms with Crippen LogP contribution in [0.5, 0.6) is 5.75 Å². The molecule has 0 bridgehead atoms. The van der Waals surface area contributed by atoms with E-state index < -0.39 is 0 Å². The Kier molecular flexibility index (Phi) is 2.47. The zero-order valence-electron chi connectivity index (χ0n) is 11.0. The molecule has 21 heavy (non-hydrogen) atoms. The van der Waals surface area contributed by atoms with Gasteiger partial charge in [0.15, 0.2) is 11.5 Å². The maximum atomic E-state index is 9.62. The Labute approximate surface area is 119 Å². The molecule has 1 N–H and O–H groups in total. The Morgan fingerprint density at radius 1 is 1.00 bits per heavy atom. The molecular weight excluding hydrogens is 266 g/mol. The minimum atomic E-state index is 0.201. The number of phenols is 1. The van der Waals surface area contributed by atoms with Crippen LogP contribution in [0.2, 0.25) is 0 Å². The number of aromatic hydroxyl groups is 1. The molecule has 4 aromatic rings. The summed E-state index contributed by atoms with van der Waals surface area (Å²) < 4.78 is 3.65. The van der Waals surface area contributed by atoms with Crippen LogP contribution in [0.25, 0.3) is 22.7 Å². The summed E-state index contributed by atoms with van der Waals surface area (Å²) in [6, 6.07) is 12.6. The quantitative estimate of drug-likeness (QED) is 0.610. The molecule has 4 rings (SSSR count). The van der Waals surface area contributed by atoms with E-state index >= 15 is 0 Å². The minimum absolute atomic E-state index is 0.201. The zero-order chi connectivity index (χ0) is 14.2. The first-order chi connectivity index (χ1) is 10.3. The molecule has 6 heteroatoms. The van der Waals surface area contributed by atoms with Gasteiger partial charge < -0.3 is 5.11 Å². The predicted molar refractivity (Wildman–Crippen MR) is 77.2 cm³/mol. The van der Waals surface area contributed by atoms with Crippen molar-refractivity contribution >= 4 is 5.65 Å². The van der Waals surface area contributed by atoms with E-state index in [1.807, 2.05) is 41.1 Å². The van der Waals surface area contributed by atoms with Crippen LogP contribution < -0.4 is 0 Å². The van der Waals surface area contributed by atoms with E-state index in [0.717, 1.165) is 16.9 Å². The van der Waals surface area contributed by atoms with Crippen LogP contribution >= 0.6 is 0 Å². The molecule has 6 nitrogen and oxygen atoms in total. The Hall–Kier alpha value is -3.15. The molecule has 3 heterocycles. The first-order valence-electron chi connectivity index (χ1n) is 6.45. The minimum Gasteiger partial charge on any atom is -0.508 e. The molecule has 0 spiro atoms. The van der Waals surface area contributed by atoms with E-state index in [0.29, 0.717) is 5.82 Å². The average molecular weight is 277 g/mol. The maximum absolute atomic E-state index is 9.62. The van der Waals surface area contributed by atoms with Crippen molar-refractivity contribution in [2.24, 2.45) is 0 Å². The highest BCUT2D eigenvalue weighted by Gasteiger charge is 2.09. The standard InChI is InChI=1S/C15H11N5O/c21-13-4-1-3-11(9-13)15-18-17-14-6-5-12(10-19(14)15)20-8-2-7-16-20/h1-10,21H. The van der Waals surface area contributed by atoms with E-state index in [-0.39, 0.29) is 5.75 Å². The summed E-state index contributed by atoms with van der Waals surface area (Å²) in [4.78, 5) is 0. The molecule has 0 amide bonds. The van der Waals surface area contributed by atoms with Crippen molar-refractivity contribution in [2.45, 2.75) is 0 Å². The van der Waals surface area contributed by atoms with Crippen molar-refractivity contribution in [3.05, 3.63) is 61.1 Å². The zero-order valence-corrected chi connectivity index (χ0v) is 11.0. The van der Waals surface area contributed by atoms with Gasteiger partial charge in [-0.1, -0.05) is 12.1 Å². The molecule has 3 aromatic heterocycles. The van der Waals surface area contributed by atoms with E-state index in [2.05, 4.69) is 15.3 Å². The van der Waals surface area contributed by atoms with Gasteiger partial charge in [0.1, 0.15) is 5.75 Å². The smallest absolute Gasteiger partial charge is 0.168 e. The third-order valence-electron chi connectivity index (χ3n) is 3.26. The second kappa shape index (κ2) is 4.45. The number of phenolic OH excluding ortho intramolecular Hbond substituents is 1. The van der Waals surface area contributed by atoms with Crippen LogP contribution in [0.3, 0.4) is 0 Å². The van der Waals surface area contributed by atoms with Gasteiger partial charge in [-0.2, -0.15) is 5.10 Å². The molecule has 0 atom stereocenters. The highest BCUT2D eigenvalue weighted by molar-refractivity contribution is 5.62. The van der Waals surface area contributed by atoms with Gasteiger partial charge in [-0.3, -0.25) is 4.40 Å². The first-order valence-corrected chi connectivity index (χ1v) is 6.45. The number of hydrogen-bond donors (Lipinski definition) is 1. The van der Waals surface area contributed by atoms with Crippen molar-refractivity contribution < 1.29 is 5.11 Å². The fraction of sp³-hybridized carbons (Fsp3) is 0. The number of pyridine rings is 1. The summed E-state index contributed by atoms with van der Waals surface area (Å²) >= 11 is 0. The Morgan fingerprint density at radius 2 is 1.95 bits per heavy atom. The summed E-state index contributed by atoms with van der Waals surface area (Å²) in [5, 5.41) is 22.2. The van der Waals surface area contributed by atoms with Gasteiger partial charge in [0, 0.05) is 24.2 Å². The topological polar surface area (TPSA) is 68.2 Å². The van der Waals surface area contributed by atoms with Gasteiger partial charge in [0.2, 0.25) is 0 Å². The van der Waals surface area contributed by atoms with Crippen LogP contribution in [0.15, 0.2) is 61.1 Å². The van der Waals surface area contributed by atoms with Crippen LogP contribution in [0.4, 0.5) is 0 Å². The highest BCUT2D eigenvalue weighted by atomic mass is 16.3. The van der Waals surface area contributed by atoms with Gasteiger partial charge in [0.25, 0.3) is 0 Å². The van der Waals surface area contributed by atoms with E-state index in [1.165, 1.54) is 0 Å². The summed E-state index contributed by atoms with van der Waals surface area (Å²) in [5.74, 6) is 0.877. The molecule has 0 aliphatic carbocycles. The number of aromatic nitrogens is 5. The third kappa shape index (κ3) is 1.93. The lowest BCUT2D eigenvalue weighted by atomic mass is 10.2. The van der Waals surface area contributed by atoms with Crippen LogP contribution in [0.1, 0.15) is 0 Å². The van der Waals surface area contributed by atoms with Crippen molar-refractivity contribution in [2.75, 3.05) is 0 Å². The molecule has 0 saturated carbocycles. The fourth-order valence-electron chi connectivity index (χ4n) is 2.28. The van der Waals surface area contributed by atoms with Crippen molar-refractivity contribution in [1.82, 2.24) is 24.4 Å². The Morgan fingerprint density at radius 3 is 2.76 bits per heavy atom. The number of fused-ring (bicyclic) bond motifs is 1. The Balaban J connectivity index is 1.92. The van der Waals surface area contributed by atoms with Crippen molar-refractivity contribution in [3.63, 3.8) is 0 Å². The fourth-order valence-corrected chi connectivity index (χ4v) is 2.28. The normalized spacial score (nSPS) is 11.0. The molecule has 0 fully saturated rings. The van der Waals surface area contributed by atoms with Gasteiger partial charge in [-0.25, -0.2) is 4.68 Å². The average Bonchev–Trinajstić information content (AvgIpc) is 3.16. The van der Waals surface area contributed by atoms with Gasteiger partial charge in [-0.05, 0) is 30.3 Å². The lowest BCUT2D eigenvalue weighted by Crippen LogP contribution is -1.97. The lowest BCUT2D eigenvalue weighted by molar-refractivity contribution is 0.475. The summed E-state index contributed by atoms with van der Waals surface area (Å²) in [6.07, 6.45) is 5.52. The third-order valence-corrected chi connectivity index (χ3v) is 3.26. The molecule has 0 saturated heterocycles. The van der Waals surface area contributed by atoms with Gasteiger partial charge >= 0.3 is 0 Å². The van der Waals surface area contributed by atoms with E-state index in [4.69, 9.17) is 0 Å². The lowest BCUT2D eigenvalue weighted by Gasteiger charge is -2.04. The second-order valence-electron chi connectivity index (χ2n) is 4.64. The monoisotopic (exact) mass is 277 g/mol. The van der Waals surface area contributed by atoms with Crippen molar-refractivity contribution in [3.8, 4) is 22.8 Å². The molecule has 0 aliphatic heterocycles. The summed E-state index contributed by atoms with van der Waals surface area (Å²) in [6.45, 7) is 0. The van der Waals surface area contributed by atoms with Gasteiger partial charge in [-0.15, -0.1) is 10.2 Å². The second-order valence-corrected chi connectivity index (χ2v) is 4.64. The SMILES string of the molecule is Oc1cccc(-c2nnc3ccc(-n4cccn4)cn23)c1. The molecule has 0 unspecified atom stereocenters. The van der Waals surface area contributed by atoms with Gasteiger partial charge in [0.05, 0.1) is 5.69 Å². The summed E-state index contributed by atoms with van der Waals surface area (Å²) in [7, 11) is 0. The molecular formula is C15H11N5O. The van der Waals surface area contributed by atoms with Crippen LogP contribution in [-0.4, -0.2) is 29.5 Å². The predicted octanol–water partition coefficient (Wildman–Crippen LogP) is 2.29. The number of benzene rings is 1. The van der Waals surface area contributed by atoms with E-state index in [1.54, 1.807) is 29.1 Å². The molecule has 102 valence electrons. The summed E-state index contributed by atoms with van der Waals surface area (Å²) in [5.41, 5.74) is 2.46. The van der Waals surface area contributed by atoms with Crippen LogP contribution in [-0.2, 0) is 0 Å². The van der Waals surface area contributed by atoms with Crippen molar-refractivity contribution in [1.29, 1.82) is 0 Å². The largest absolute Gasteiger partial charge is 0.508 e. The first kappa shape index (κ1) is 11.7. The van der Waals surface area contributed by atoms with E-state index in [9.17, 15) is 5.11 Å². The maximum Gasteiger partial charge on any atom is 0.168 e. The number of hydrogen-bond acceptors (Lipinski definition) is 4. The number of nitrogens with zero attached hydrogens (tertiary/aromatic N) is 5.